The van der Waals surface area contributed by atoms with Crippen LogP contribution in [0.3, 0.4) is 0 Å². The first-order valence-corrected chi connectivity index (χ1v) is 10.0. The van der Waals surface area contributed by atoms with Gasteiger partial charge in [0.1, 0.15) is 11.2 Å². The van der Waals surface area contributed by atoms with Gasteiger partial charge in [-0.25, -0.2) is 0 Å². The quantitative estimate of drug-likeness (QED) is 0.428. The molecule has 0 amide bonds. The summed E-state index contributed by atoms with van der Waals surface area (Å²) in [7, 11) is 0. The molecule has 2 heteroatoms. The monoisotopic (exact) mass is 371 g/mol. The highest BCUT2D eigenvalue weighted by atomic mass is 16.3. The number of allylic oxidation sites excluding steroid dienone is 1. The van der Waals surface area contributed by atoms with E-state index in [1.807, 2.05) is 32.0 Å². The third kappa shape index (κ3) is 3.74. The Morgan fingerprint density at radius 2 is 1.54 bits per heavy atom. The summed E-state index contributed by atoms with van der Waals surface area (Å²) >= 11 is 0. The van der Waals surface area contributed by atoms with Crippen LogP contribution in [-0.4, -0.2) is 6.54 Å². The fraction of sp³-hybridized carbons (Fsp3) is 0.231. The Labute approximate surface area is 167 Å². The molecule has 0 aliphatic rings. The lowest BCUT2D eigenvalue weighted by molar-refractivity contribution is 0.661. The molecular formula is C26H29NO. The van der Waals surface area contributed by atoms with Gasteiger partial charge in [0.05, 0.1) is 0 Å². The summed E-state index contributed by atoms with van der Waals surface area (Å²) in [6.07, 6.45) is 3.04. The summed E-state index contributed by atoms with van der Waals surface area (Å²) in [6.45, 7) is 8.77. The van der Waals surface area contributed by atoms with Gasteiger partial charge in [-0.2, -0.15) is 0 Å². The fourth-order valence-corrected chi connectivity index (χ4v) is 3.61. The second-order valence-corrected chi connectivity index (χ2v) is 6.79. The predicted molar refractivity (Wildman–Crippen MR) is 122 cm³/mol. The van der Waals surface area contributed by atoms with Crippen LogP contribution in [0.15, 0.2) is 71.2 Å². The Morgan fingerprint density at radius 3 is 2.25 bits per heavy atom. The van der Waals surface area contributed by atoms with Crippen molar-refractivity contribution in [2.75, 3.05) is 6.54 Å². The van der Waals surface area contributed by atoms with Gasteiger partial charge in [0, 0.05) is 22.9 Å². The van der Waals surface area contributed by atoms with E-state index >= 15 is 0 Å². The van der Waals surface area contributed by atoms with E-state index in [0.29, 0.717) is 6.54 Å². The molecule has 3 aromatic carbocycles. The van der Waals surface area contributed by atoms with E-state index < -0.39 is 0 Å². The zero-order valence-electron chi connectivity index (χ0n) is 17.3. The van der Waals surface area contributed by atoms with Crippen molar-refractivity contribution >= 4 is 27.5 Å². The maximum atomic E-state index is 6.31. The second kappa shape index (κ2) is 8.90. The molecule has 0 spiro atoms. The molecule has 1 aromatic heterocycles. The van der Waals surface area contributed by atoms with E-state index in [9.17, 15) is 0 Å². The normalized spacial score (nSPS) is 11.5. The summed E-state index contributed by atoms with van der Waals surface area (Å²) in [5.41, 5.74) is 14.0. The van der Waals surface area contributed by atoms with Crippen molar-refractivity contribution in [3.05, 3.63) is 89.0 Å². The van der Waals surface area contributed by atoms with Gasteiger partial charge in [0.25, 0.3) is 0 Å². The van der Waals surface area contributed by atoms with Crippen molar-refractivity contribution < 1.29 is 4.42 Å². The number of furan rings is 1. The first-order chi connectivity index (χ1) is 13.7. The topological polar surface area (TPSA) is 39.2 Å². The number of rotatable bonds is 4. The molecule has 0 unspecified atom stereocenters. The highest BCUT2D eigenvalue weighted by Crippen LogP contribution is 2.34. The molecule has 4 aromatic rings. The molecule has 0 bridgehead atoms. The number of benzene rings is 3. The third-order valence-electron chi connectivity index (χ3n) is 5.12. The maximum Gasteiger partial charge on any atom is 0.139 e. The minimum Gasteiger partial charge on any atom is -0.455 e. The fourth-order valence-electron chi connectivity index (χ4n) is 3.61. The number of hydrogen-bond donors (Lipinski definition) is 1. The number of fused-ring (bicyclic) bond motifs is 3. The molecule has 28 heavy (non-hydrogen) atoms. The molecule has 1 heterocycles. The van der Waals surface area contributed by atoms with E-state index in [0.717, 1.165) is 23.2 Å². The zero-order valence-corrected chi connectivity index (χ0v) is 17.3. The molecule has 0 radical (unpaired) electrons. The minimum atomic E-state index is 0.526. The first kappa shape index (κ1) is 19.9. The highest BCUT2D eigenvalue weighted by Gasteiger charge is 2.13. The van der Waals surface area contributed by atoms with Gasteiger partial charge < -0.3 is 10.2 Å². The first-order valence-electron chi connectivity index (χ1n) is 10.0. The van der Waals surface area contributed by atoms with E-state index in [2.05, 4.69) is 62.4 Å². The average molecular weight is 372 g/mol. The van der Waals surface area contributed by atoms with Gasteiger partial charge in [-0.15, -0.1) is 0 Å². The molecule has 4 rings (SSSR count). The molecule has 0 aliphatic heterocycles. The van der Waals surface area contributed by atoms with Crippen LogP contribution < -0.4 is 5.73 Å². The Bertz CT molecular complexity index is 1100. The van der Waals surface area contributed by atoms with Crippen molar-refractivity contribution in [2.24, 2.45) is 5.73 Å². The highest BCUT2D eigenvalue weighted by molar-refractivity contribution is 6.07. The predicted octanol–water partition coefficient (Wildman–Crippen LogP) is 6.81. The Hall–Kier alpha value is -2.84. The van der Waals surface area contributed by atoms with Gasteiger partial charge >= 0.3 is 0 Å². The molecule has 0 fully saturated rings. The standard InChI is InChI=1S/C24H23NO.C2H6/c1-16-11-13-22-21-10-6-7-17(2)23(21)26-24(22)20(16)14-12-19(15-25)18-8-4-3-5-9-18;1-2/h3-13H,14-15,25H2,1-2H3;1-2H3/b19-12+;. The molecular weight excluding hydrogens is 342 g/mol. The van der Waals surface area contributed by atoms with Gasteiger partial charge in [-0.3, -0.25) is 0 Å². The van der Waals surface area contributed by atoms with E-state index in [4.69, 9.17) is 10.2 Å². The van der Waals surface area contributed by atoms with Gasteiger partial charge in [-0.05, 0) is 42.5 Å². The van der Waals surface area contributed by atoms with E-state index in [-0.39, 0.29) is 0 Å². The molecule has 0 saturated carbocycles. The largest absolute Gasteiger partial charge is 0.455 e. The van der Waals surface area contributed by atoms with Crippen molar-refractivity contribution in [3.63, 3.8) is 0 Å². The summed E-state index contributed by atoms with van der Waals surface area (Å²) in [4.78, 5) is 0. The number of para-hydroxylation sites is 1. The maximum absolute atomic E-state index is 6.31. The summed E-state index contributed by atoms with van der Waals surface area (Å²) < 4.78 is 6.31. The van der Waals surface area contributed by atoms with Crippen LogP contribution in [0.4, 0.5) is 0 Å². The SMILES string of the molecule is CC.Cc1ccc2c(oc3c(C)cccc32)c1C/C=C(\CN)c1ccccc1. The van der Waals surface area contributed by atoms with Crippen molar-refractivity contribution in [2.45, 2.75) is 34.1 Å². The summed E-state index contributed by atoms with van der Waals surface area (Å²) in [5.74, 6) is 0. The lowest BCUT2D eigenvalue weighted by Crippen LogP contribution is -2.03. The van der Waals surface area contributed by atoms with Crippen molar-refractivity contribution in [1.29, 1.82) is 0 Å². The van der Waals surface area contributed by atoms with E-state index in [1.54, 1.807) is 0 Å². The number of hydrogen-bond acceptors (Lipinski definition) is 2. The molecule has 2 N–H and O–H groups in total. The van der Waals surface area contributed by atoms with Gasteiger partial charge in [0.15, 0.2) is 0 Å². The summed E-state index contributed by atoms with van der Waals surface area (Å²) in [5, 5.41) is 2.37. The van der Waals surface area contributed by atoms with Crippen LogP contribution in [0.2, 0.25) is 0 Å². The summed E-state index contributed by atoms with van der Waals surface area (Å²) in [6, 6.07) is 21.0. The molecule has 2 nitrogen and oxygen atoms in total. The second-order valence-electron chi connectivity index (χ2n) is 6.79. The van der Waals surface area contributed by atoms with Crippen LogP contribution >= 0.6 is 0 Å². The molecule has 144 valence electrons. The third-order valence-corrected chi connectivity index (χ3v) is 5.12. The van der Waals surface area contributed by atoms with E-state index in [1.165, 1.54) is 33.0 Å². The molecule has 0 saturated heterocycles. The van der Waals surface area contributed by atoms with Gasteiger partial charge in [0.2, 0.25) is 0 Å². The van der Waals surface area contributed by atoms with Crippen LogP contribution in [0, 0.1) is 13.8 Å². The smallest absolute Gasteiger partial charge is 0.139 e. The van der Waals surface area contributed by atoms with Crippen LogP contribution in [0.5, 0.6) is 0 Å². The Balaban J connectivity index is 0.00000109. The Kier molecular flexibility index (Phi) is 6.33. The van der Waals surface area contributed by atoms with Crippen molar-refractivity contribution in [1.82, 2.24) is 0 Å². The Morgan fingerprint density at radius 1 is 0.821 bits per heavy atom. The lowest BCUT2D eigenvalue weighted by Gasteiger charge is -2.08. The molecule has 0 atom stereocenters. The van der Waals surface area contributed by atoms with Crippen LogP contribution in [0.25, 0.3) is 27.5 Å². The van der Waals surface area contributed by atoms with Gasteiger partial charge in [-0.1, -0.05) is 80.6 Å². The number of nitrogens with two attached hydrogens (primary N) is 1. The minimum absolute atomic E-state index is 0.526. The molecule has 0 aliphatic carbocycles. The zero-order chi connectivity index (χ0) is 20.1. The van der Waals surface area contributed by atoms with Crippen LogP contribution in [0.1, 0.15) is 36.1 Å². The average Bonchev–Trinajstić information content (AvgIpc) is 3.12. The lowest BCUT2D eigenvalue weighted by atomic mass is 9.98. The van der Waals surface area contributed by atoms with Crippen LogP contribution in [-0.2, 0) is 6.42 Å². The van der Waals surface area contributed by atoms with Crippen molar-refractivity contribution in [3.8, 4) is 0 Å². The number of aryl methyl sites for hydroxylation is 2.